The molecule has 0 spiro atoms. The highest BCUT2D eigenvalue weighted by atomic mass is 16.4. The Balaban J connectivity index is 1.15. The maximum atomic E-state index is 6.64. The van der Waals surface area contributed by atoms with Crippen LogP contribution in [-0.2, 0) is 6.42 Å². The molecule has 12 rings (SSSR count). The molecule has 0 unspecified atom stereocenters. The lowest BCUT2D eigenvalue weighted by molar-refractivity contribution is 0.487. The van der Waals surface area contributed by atoms with E-state index in [0.29, 0.717) is 23.4 Å². The maximum absolute atomic E-state index is 6.64. The molecule has 7 aromatic carbocycles. The van der Waals surface area contributed by atoms with Crippen molar-refractivity contribution in [2.75, 3.05) is 0 Å². The fraction of sp³-hybridized carbons (Fsp3) is 0.0370. The first-order valence-corrected chi connectivity index (χ1v) is 20.3. The molecule has 0 saturated carbocycles. The lowest BCUT2D eigenvalue weighted by Crippen LogP contribution is -2.12. The van der Waals surface area contributed by atoms with Gasteiger partial charge in [0, 0.05) is 45.2 Å². The number of aliphatic imine (C=N–C) groups is 2. The van der Waals surface area contributed by atoms with Crippen LogP contribution in [0.25, 0.3) is 83.7 Å². The second kappa shape index (κ2) is 13.8. The Morgan fingerprint density at radius 2 is 1.07 bits per heavy atom. The van der Waals surface area contributed by atoms with Gasteiger partial charge in [-0.2, -0.15) is 4.98 Å². The first kappa shape index (κ1) is 34.0. The van der Waals surface area contributed by atoms with Gasteiger partial charge in [-0.25, -0.2) is 9.98 Å². The Morgan fingerprint density at radius 1 is 0.500 bits per heavy atom. The molecule has 0 radical (unpaired) electrons. The second-order valence-electron chi connectivity index (χ2n) is 15.2. The van der Waals surface area contributed by atoms with E-state index in [1.165, 1.54) is 0 Å². The Hall–Kier alpha value is -8.05. The highest BCUT2D eigenvalue weighted by molar-refractivity contribution is 6.27. The van der Waals surface area contributed by atoms with E-state index in [4.69, 9.17) is 19.4 Å². The minimum absolute atomic E-state index is 0.556. The molecule has 0 atom stereocenters. The molecule has 0 N–H and O–H groups in total. The van der Waals surface area contributed by atoms with Crippen LogP contribution in [0, 0.1) is 0 Å². The van der Waals surface area contributed by atoms with Crippen LogP contribution in [0.3, 0.4) is 0 Å². The van der Waals surface area contributed by atoms with E-state index < -0.39 is 0 Å². The van der Waals surface area contributed by atoms with E-state index in [1.54, 1.807) is 0 Å². The standard InChI is InChI=1S/C54H35N5O/c1-3-15-35(16-4-1)37-19-13-21-39(33-37)45-31-32-50(57-53(55-45)40-22-14-20-38(34-40)36-17-5-2-6-18-36)58-47-26-10-7-23-41(47)43-29-30-44-42-24-8-11-27-48(42)59(52(44)51(43)58)54-56-46-25-9-12-28-49(46)60-54/h1-11,13-27,29-30,32-34H,12,28H2. The molecule has 2 aliphatic rings. The van der Waals surface area contributed by atoms with Gasteiger partial charge >= 0.3 is 6.01 Å². The first-order chi connectivity index (χ1) is 29.7. The van der Waals surface area contributed by atoms with Gasteiger partial charge in [0.25, 0.3) is 0 Å². The third-order valence-electron chi connectivity index (χ3n) is 11.7. The number of hydrogen-bond acceptors (Lipinski definition) is 4. The maximum Gasteiger partial charge on any atom is 0.307 e. The molecule has 0 bridgehead atoms. The molecule has 10 aromatic rings. The van der Waals surface area contributed by atoms with Crippen LogP contribution in [-0.4, -0.2) is 25.8 Å². The monoisotopic (exact) mass is 769 g/mol. The minimum atomic E-state index is 0.556. The predicted octanol–water partition coefficient (Wildman–Crippen LogP) is 13.1. The normalized spacial score (nSPS) is 13.8. The van der Waals surface area contributed by atoms with Gasteiger partial charge in [0.15, 0.2) is 5.84 Å². The quantitative estimate of drug-likeness (QED) is 0.164. The number of amidine groups is 1. The van der Waals surface area contributed by atoms with Crippen LogP contribution < -0.4 is 0 Å². The van der Waals surface area contributed by atoms with Crippen LogP contribution in [0.4, 0.5) is 0 Å². The summed E-state index contributed by atoms with van der Waals surface area (Å²) in [4.78, 5) is 16.0. The lowest BCUT2D eigenvalue weighted by atomic mass is 10.0. The molecule has 6 heteroatoms. The van der Waals surface area contributed by atoms with Gasteiger partial charge in [0.1, 0.15) is 23.0 Å². The molecule has 0 fully saturated rings. The molecule has 60 heavy (non-hydrogen) atoms. The van der Waals surface area contributed by atoms with Crippen LogP contribution in [0.2, 0.25) is 0 Å². The number of benzene rings is 7. The second-order valence-corrected chi connectivity index (χ2v) is 15.2. The molecule has 0 amide bonds. The van der Waals surface area contributed by atoms with Crippen molar-refractivity contribution < 1.29 is 4.42 Å². The van der Waals surface area contributed by atoms with Gasteiger partial charge in [-0.1, -0.05) is 157 Å². The Kier molecular flexibility index (Phi) is 7.83. The van der Waals surface area contributed by atoms with Crippen molar-refractivity contribution in [1.82, 2.24) is 14.1 Å². The van der Waals surface area contributed by atoms with Crippen molar-refractivity contribution in [1.29, 1.82) is 0 Å². The number of hydrogen-bond donors (Lipinski definition) is 0. The Labute approximate surface area is 345 Å². The van der Waals surface area contributed by atoms with Gasteiger partial charge in [-0.05, 0) is 59.0 Å². The Morgan fingerprint density at radius 3 is 1.75 bits per heavy atom. The van der Waals surface area contributed by atoms with Gasteiger partial charge in [-0.15, -0.1) is 0 Å². The molecule has 282 valence electrons. The van der Waals surface area contributed by atoms with E-state index in [0.717, 1.165) is 101 Å². The smallest absolute Gasteiger partial charge is 0.307 e. The molecular formula is C54H35N5O. The zero-order valence-electron chi connectivity index (χ0n) is 32.5. The van der Waals surface area contributed by atoms with Crippen LogP contribution in [0.1, 0.15) is 29.0 Å². The van der Waals surface area contributed by atoms with Gasteiger partial charge < -0.3 is 4.42 Å². The van der Waals surface area contributed by atoms with Crippen molar-refractivity contribution in [3.8, 4) is 28.3 Å². The van der Waals surface area contributed by atoms with Crippen LogP contribution >= 0.6 is 0 Å². The number of fused-ring (bicyclic) bond motifs is 8. The zero-order chi connectivity index (χ0) is 39.6. The molecule has 1 aliphatic carbocycles. The summed E-state index contributed by atoms with van der Waals surface area (Å²) in [6.07, 6.45) is 7.99. The molecule has 0 saturated heterocycles. The summed E-state index contributed by atoms with van der Waals surface area (Å²) < 4.78 is 11.1. The number of para-hydroxylation sites is 2. The summed E-state index contributed by atoms with van der Waals surface area (Å²) in [6.45, 7) is 0. The van der Waals surface area contributed by atoms with Crippen molar-refractivity contribution in [2.24, 2.45) is 9.98 Å². The molecule has 4 heterocycles. The number of aryl methyl sites for hydroxylation is 1. The predicted molar refractivity (Wildman–Crippen MR) is 246 cm³/mol. The topological polar surface area (TPSA) is 60.6 Å². The molecule has 1 aliphatic heterocycles. The fourth-order valence-electron chi connectivity index (χ4n) is 8.88. The average Bonchev–Trinajstić information content (AvgIpc) is 3.94. The summed E-state index contributed by atoms with van der Waals surface area (Å²) >= 11 is 0. The highest BCUT2D eigenvalue weighted by Gasteiger charge is 2.25. The zero-order valence-corrected chi connectivity index (χ0v) is 32.5. The van der Waals surface area contributed by atoms with Crippen molar-refractivity contribution >= 4 is 67.1 Å². The van der Waals surface area contributed by atoms with E-state index >= 15 is 0 Å². The highest BCUT2D eigenvalue weighted by Crippen LogP contribution is 2.41. The SMILES string of the molecule is C1=CC(n2c3ccccc3c3ccc4c5ccccc5n(-c5nc6c(o5)CCC=C6)c4c32)=NC(c2cccc(-c3ccccc3)c2)=NC=1c1cccc(-c2ccccc2)c1. The van der Waals surface area contributed by atoms with Crippen molar-refractivity contribution in [3.05, 3.63) is 210 Å². The van der Waals surface area contributed by atoms with Crippen LogP contribution in [0.15, 0.2) is 202 Å². The molecule has 3 aromatic heterocycles. The van der Waals surface area contributed by atoms with Crippen LogP contribution in [0.5, 0.6) is 0 Å². The number of aromatic nitrogens is 3. The first-order valence-electron chi connectivity index (χ1n) is 20.3. The van der Waals surface area contributed by atoms with E-state index in [1.807, 2.05) is 18.2 Å². The van der Waals surface area contributed by atoms with Gasteiger partial charge in [-0.3, -0.25) is 9.13 Å². The lowest BCUT2D eigenvalue weighted by Gasteiger charge is -2.11. The minimum Gasteiger partial charge on any atom is -0.427 e. The Bertz CT molecular complexity index is 3520. The summed E-state index contributed by atoms with van der Waals surface area (Å²) in [6, 6.07) is 60.0. The summed E-state index contributed by atoms with van der Waals surface area (Å²) in [7, 11) is 0. The van der Waals surface area contributed by atoms with Gasteiger partial charge in [0.2, 0.25) is 0 Å². The number of oxazole rings is 1. The van der Waals surface area contributed by atoms with Crippen molar-refractivity contribution in [3.63, 3.8) is 0 Å². The van der Waals surface area contributed by atoms with Crippen molar-refractivity contribution in [2.45, 2.75) is 12.8 Å². The average molecular weight is 770 g/mol. The number of nitrogens with zero attached hydrogens (tertiary/aromatic N) is 5. The molecule has 6 nitrogen and oxygen atoms in total. The largest absolute Gasteiger partial charge is 0.427 e. The van der Waals surface area contributed by atoms with E-state index in [-0.39, 0.29) is 0 Å². The third kappa shape index (κ3) is 5.54. The fourth-order valence-corrected chi connectivity index (χ4v) is 8.88. The number of rotatable bonds is 5. The summed E-state index contributed by atoms with van der Waals surface area (Å²) in [5, 5.41) is 4.44. The molecular weight excluding hydrogens is 735 g/mol. The van der Waals surface area contributed by atoms with E-state index in [9.17, 15) is 0 Å². The van der Waals surface area contributed by atoms with E-state index in [2.05, 4.69) is 185 Å². The van der Waals surface area contributed by atoms with Gasteiger partial charge in [0.05, 0.1) is 22.1 Å². The summed E-state index contributed by atoms with van der Waals surface area (Å²) in [5.74, 6) is 2.20. The number of allylic oxidation sites excluding steroid dienone is 2. The third-order valence-corrected chi connectivity index (χ3v) is 11.7. The summed E-state index contributed by atoms with van der Waals surface area (Å²) in [5.41, 5.74) is 15.6.